The van der Waals surface area contributed by atoms with E-state index in [1.807, 2.05) is 6.20 Å². The Bertz CT molecular complexity index is 529. The van der Waals surface area contributed by atoms with Gasteiger partial charge in [-0.15, -0.1) is 11.3 Å². The van der Waals surface area contributed by atoms with Gasteiger partial charge in [-0.05, 0) is 37.8 Å². The molecule has 2 aromatic rings. The smallest absolute Gasteiger partial charge is 0.150 e. The maximum absolute atomic E-state index is 9.22. The van der Waals surface area contributed by atoms with Crippen molar-refractivity contribution in [2.24, 2.45) is 5.92 Å². The number of fused-ring (bicyclic) bond motifs is 1. The van der Waals surface area contributed by atoms with E-state index in [2.05, 4.69) is 28.6 Å². The highest BCUT2D eigenvalue weighted by Gasteiger charge is 2.21. The van der Waals surface area contributed by atoms with E-state index in [0.29, 0.717) is 12.5 Å². The third kappa shape index (κ3) is 1.91. The van der Waals surface area contributed by atoms with E-state index in [1.54, 1.807) is 11.3 Å². The van der Waals surface area contributed by atoms with E-state index >= 15 is 0 Å². The molecule has 0 spiro atoms. The second kappa shape index (κ2) is 4.27. The summed E-state index contributed by atoms with van der Waals surface area (Å²) >= 11 is 1.79. The summed E-state index contributed by atoms with van der Waals surface area (Å²) in [4.78, 5) is 7.11. The molecule has 0 bridgehead atoms. The molecule has 0 aliphatic carbocycles. The zero-order chi connectivity index (χ0) is 11.8. The SMILES string of the molecule is Cc1ccc(-c2ncc3n2CCC(CO)C3)s1. The summed E-state index contributed by atoms with van der Waals surface area (Å²) in [6, 6.07) is 4.29. The standard InChI is InChI=1S/C13H16N2OS/c1-9-2-3-12(17-9)13-14-7-11-6-10(8-16)4-5-15(11)13/h2-3,7,10,16H,4-6,8H2,1H3. The average molecular weight is 248 g/mol. The van der Waals surface area contributed by atoms with Crippen molar-refractivity contribution in [2.75, 3.05) is 6.61 Å². The van der Waals surface area contributed by atoms with Gasteiger partial charge in [-0.1, -0.05) is 0 Å². The maximum Gasteiger partial charge on any atom is 0.150 e. The predicted molar refractivity (Wildman–Crippen MR) is 69.2 cm³/mol. The fourth-order valence-corrected chi connectivity index (χ4v) is 3.31. The summed E-state index contributed by atoms with van der Waals surface area (Å²) in [5.41, 5.74) is 1.26. The van der Waals surface area contributed by atoms with Gasteiger partial charge in [0.15, 0.2) is 0 Å². The molecule has 0 saturated heterocycles. The van der Waals surface area contributed by atoms with Gasteiger partial charge in [-0.3, -0.25) is 0 Å². The van der Waals surface area contributed by atoms with Crippen LogP contribution in [0.4, 0.5) is 0 Å². The molecule has 0 amide bonds. The van der Waals surface area contributed by atoms with Crippen LogP contribution in [-0.2, 0) is 13.0 Å². The van der Waals surface area contributed by atoms with Crippen LogP contribution in [-0.4, -0.2) is 21.3 Å². The molecule has 3 rings (SSSR count). The normalized spacial score (nSPS) is 19.3. The lowest BCUT2D eigenvalue weighted by atomic mass is 9.97. The molecule has 0 radical (unpaired) electrons. The molecule has 3 heterocycles. The zero-order valence-corrected chi connectivity index (χ0v) is 10.7. The number of rotatable bonds is 2. The number of hydrogen-bond donors (Lipinski definition) is 1. The molecule has 0 saturated carbocycles. The number of aromatic nitrogens is 2. The van der Waals surface area contributed by atoms with Gasteiger partial charge in [0.1, 0.15) is 5.82 Å². The van der Waals surface area contributed by atoms with Crippen molar-refractivity contribution >= 4 is 11.3 Å². The van der Waals surface area contributed by atoms with Crippen LogP contribution in [0.2, 0.25) is 0 Å². The highest BCUT2D eigenvalue weighted by molar-refractivity contribution is 7.15. The maximum atomic E-state index is 9.22. The van der Waals surface area contributed by atoms with Crippen molar-refractivity contribution in [1.29, 1.82) is 0 Å². The molecule has 1 N–H and O–H groups in total. The van der Waals surface area contributed by atoms with Gasteiger partial charge in [0.05, 0.1) is 4.88 Å². The van der Waals surface area contributed by atoms with Gasteiger partial charge < -0.3 is 9.67 Å². The molecule has 1 atom stereocenters. The summed E-state index contributed by atoms with van der Waals surface area (Å²) in [5.74, 6) is 1.51. The Balaban J connectivity index is 1.96. The quantitative estimate of drug-likeness (QED) is 0.886. The van der Waals surface area contributed by atoms with Crippen LogP contribution >= 0.6 is 11.3 Å². The molecule has 90 valence electrons. The second-order valence-electron chi connectivity index (χ2n) is 4.68. The average Bonchev–Trinajstić information content (AvgIpc) is 2.93. The van der Waals surface area contributed by atoms with E-state index in [9.17, 15) is 5.11 Å². The molecule has 2 aromatic heterocycles. The first-order chi connectivity index (χ1) is 8.28. The van der Waals surface area contributed by atoms with E-state index in [4.69, 9.17) is 0 Å². The van der Waals surface area contributed by atoms with Crippen molar-refractivity contribution < 1.29 is 5.11 Å². The lowest BCUT2D eigenvalue weighted by Crippen LogP contribution is -2.21. The van der Waals surface area contributed by atoms with Crippen LogP contribution in [0.1, 0.15) is 17.0 Å². The second-order valence-corrected chi connectivity index (χ2v) is 5.96. The third-order valence-electron chi connectivity index (χ3n) is 3.42. The highest BCUT2D eigenvalue weighted by atomic mass is 32.1. The lowest BCUT2D eigenvalue weighted by molar-refractivity contribution is 0.201. The van der Waals surface area contributed by atoms with Gasteiger partial charge in [0, 0.05) is 29.9 Å². The number of aliphatic hydroxyl groups excluding tert-OH is 1. The molecular formula is C13H16N2OS. The number of thiophene rings is 1. The topological polar surface area (TPSA) is 38.0 Å². The summed E-state index contributed by atoms with van der Waals surface area (Å²) in [6.07, 6.45) is 3.97. The Morgan fingerprint density at radius 3 is 3.12 bits per heavy atom. The molecule has 1 aliphatic rings. The molecule has 3 nitrogen and oxygen atoms in total. The first-order valence-electron chi connectivity index (χ1n) is 6.00. The first-order valence-corrected chi connectivity index (χ1v) is 6.81. The Kier molecular flexibility index (Phi) is 2.76. The van der Waals surface area contributed by atoms with E-state index in [1.165, 1.54) is 15.4 Å². The largest absolute Gasteiger partial charge is 0.396 e. The first kappa shape index (κ1) is 11.0. The summed E-state index contributed by atoms with van der Waals surface area (Å²) in [5, 5.41) is 9.22. The Morgan fingerprint density at radius 1 is 1.53 bits per heavy atom. The van der Waals surface area contributed by atoms with Crippen molar-refractivity contribution in [2.45, 2.75) is 26.3 Å². The van der Waals surface area contributed by atoms with Gasteiger partial charge in [0.2, 0.25) is 0 Å². The van der Waals surface area contributed by atoms with Gasteiger partial charge in [0.25, 0.3) is 0 Å². The predicted octanol–water partition coefficient (Wildman–Crippen LogP) is 2.47. The van der Waals surface area contributed by atoms with Crippen molar-refractivity contribution in [3.63, 3.8) is 0 Å². The number of hydrogen-bond acceptors (Lipinski definition) is 3. The minimum Gasteiger partial charge on any atom is -0.396 e. The summed E-state index contributed by atoms with van der Waals surface area (Å²) < 4.78 is 2.30. The minimum atomic E-state index is 0.290. The molecule has 0 fully saturated rings. The number of aryl methyl sites for hydroxylation is 1. The molecule has 17 heavy (non-hydrogen) atoms. The third-order valence-corrected chi connectivity index (χ3v) is 4.41. The van der Waals surface area contributed by atoms with Crippen LogP contribution in [0.3, 0.4) is 0 Å². The van der Waals surface area contributed by atoms with E-state index in [-0.39, 0.29) is 0 Å². The van der Waals surface area contributed by atoms with Gasteiger partial charge >= 0.3 is 0 Å². The minimum absolute atomic E-state index is 0.290. The van der Waals surface area contributed by atoms with E-state index < -0.39 is 0 Å². The van der Waals surface area contributed by atoms with Crippen LogP contribution in [0.15, 0.2) is 18.3 Å². The van der Waals surface area contributed by atoms with Crippen molar-refractivity contribution in [3.8, 4) is 10.7 Å². The number of imidazole rings is 1. The van der Waals surface area contributed by atoms with Crippen LogP contribution in [0.25, 0.3) is 10.7 Å². The molecule has 1 unspecified atom stereocenters. The molecule has 1 aliphatic heterocycles. The number of nitrogens with zero attached hydrogens (tertiary/aromatic N) is 2. The molecule has 0 aromatic carbocycles. The van der Waals surface area contributed by atoms with Crippen molar-refractivity contribution in [1.82, 2.24) is 9.55 Å². The van der Waals surface area contributed by atoms with Gasteiger partial charge in [-0.2, -0.15) is 0 Å². The summed E-state index contributed by atoms with van der Waals surface area (Å²) in [7, 11) is 0. The fraction of sp³-hybridized carbons (Fsp3) is 0.462. The highest BCUT2D eigenvalue weighted by Crippen LogP contribution is 2.30. The monoisotopic (exact) mass is 248 g/mol. The van der Waals surface area contributed by atoms with Crippen LogP contribution in [0, 0.1) is 12.8 Å². The number of aliphatic hydroxyl groups is 1. The Labute approximate surface area is 105 Å². The van der Waals surface area contributed by atoms with Crippen molar-refractivity contribution in [3.05, 3.63) is 28.9 Å². The zero-order valence-electron chi connectivity index (χ0n) is 9.89. The van der Waals surface area contributed by atoms with Gasteiger partial charge in [-0.25, -0.2) is 4.98 Å². The van der Waals surface area contributed by atoms with E-state index in [0.717, 1.165) is 25.2 Å². The Hall–Kier alpha value is -1.13. The van der Waals surface area contributed by atoms with Crippen LogP contribution in [0.5, 0.6) is 0 Å². The van der Waals surface area contributed by atoms with Crippen LogP contribution < -0.4 is 0 Å². The summed E-state index contributed by atoms with van der Waals surface area (Å²) in [6.45, 7) is 3.39. The Morgan fingerprint density at radius 2 is 2.41 bits per heavy atom. The molecular weight excluding hydrogens is 232 g/mol. The fourth-order valence-electron chi connectivity index (χ4n) is 2.44. The lowest BCUT2D eigenvalue weighted by Gasteiger charge is -2.23. The molecule has 4 heteroatoms.